The lowest BCUT2D eigenvalue weighted by Gasteiger charge is -2.09. The smallest absolute Gasteiger partial charge is 0.339 e. The molecule has 2 aromatic rings. The molecule has 0 aromatic heterocycles. The van der Waals surface area contributed by atoms with Crippen molar-refractivity contribution in [3.63, 3.8) is 0 Å². The first-order valence-corrected chi connectivity index (χ1v) is 7.32. The topological polar surface area (TPSA) is 38.3 Å². The van der Waals surface area contributed by atoms with Crippen LogP contribution >= 0.6 is 15.9 Å². The van der Waals surface area contributed by atoms with E-state index in [-0.39, 0.29) is 5.97 Å². The number of benzene rings is 2. The minimum absolute atomic E-state index is 0.373. The lowest BCUT2D eigenvalue weighted by Crippen LogP contribution is -2.11. The van der Waals surface area contributed by atoms with Crippen molar-refractivity contribution in [3.8, 4) is 0 Å². The van der Waals surface area contributed by atoms with E-state index in [1.807, 2.05) is 54.6 Å². The molecule has 0 atom stereocenters. The van der Waals surface area contributed by atoms with Crippen LogP contribution < -0.4 is 5.32 Å². The van der Waals surface area contributed by atoms with Crippen LogP contribution in [0.1, 0.15) is 11.1 Å². The van der Waals surface area contributed by atoms with Crippen LogP contribution in [0, 0.1) is 0 Å². The Bertz CT molecular complexity index is 638. The summed E-state index contributed by atoms with van der Waals surface area (Å²) in [5.74, 6) is -0.373. The summed E-state index contributed by atoms with van der Waals surface area (Å²) in [6, 6.07) is 17.5. The highest BCUT2D eigenvalue weighted by atomic mass is 79.9. The zero-order chi connectivity index (χ0) is 15.1. The number of ether oxygens (including phenoxy) is 1. The highest BCUT2D eigenvalue weighted by Crippen LogP contribution is 2.24. The zero-order valence-electron chi connectivity index (χ0n) is 11.7. The van der Waals surface area contributed by atoms with E-state index in [9.17, 15) is 4.79 Å². The highest BCUT2D eigenvalue weighted by molar-refractivity contribution is 9.10. The second-order valence-corrected chi connectivity index (χ2v) is 5.25. The predicted molar refractivity (Wildman–Crippen MR) is 87.4 cm³/mol. The molecule has 0 unspecified atom stereocenters. The molecular weight excluding hydrogens is 330 g/mol. The average Bonchev–Trinajstić information content (AvgIpc) is 2.53. The van der Waals surface area contributed by atoms with Gasteiger partial charge in [-0.15, -0.1) is 0 Å². The molecule has 21 heavy (non-hydrogen) atoms. The summed E-state index contributed by atoms with van der Waals surface area (Å²) in [6.07, 6.45) is 1.69. The summed E-state index contributed by atoms with van der Waals surface area (Å²) in [6.45, 7) is 0.645. The van der Waals surface area contributed by atoms with Crippen molar-refractivity contribution in [2.24, 2.45) is 0 Å². The lowest BCUT2D eigenvalue weighted by molar-refractivity contribution is -0.133. The molecule has 0 saturated heterocycles. The molecule has 3 nitrogen and oxygen atoms in total. The van der Waals surface area contributed by atoms with Crippen molar-refractivity contribution in [3.05, 3.63) is 76.4 Å². The van der Waals surface area contributed by atoms with Gasteiger partial charge in [0.25, 0.3) is 0 Å². The molecule has 0 fully saturated rings. The van der Waals surface area contributed by atoms with E-state index in [0.717, 1.165) is 15.6 Å². The fourth-order valence-electron chi connectivity index (χ4n) is 1.90. The van der Waals surface area contributed by atoms with Gasteiger partial charge in [0.1, 0.15) is 0 Å². The van der Waals surface area contributed by atoms with Gasteiger partial charge in [0, 0.05) is 22.8 Å². The SMILES string of the molecule is COC(=O)/C(=C\NCc1ccccc1)c1ccccc1Br. The molecular formula is C17H16BrNO2. The first kappa shape index (κ1) is 15.3. The van der Waals surface area contributed by atoms with E-state index in [0.29, 0.717) is 12.1 Å². The molecule has 0 heterocycles. The van der Waals surface area contributed by atoms with Gasteiger partial charge in [0.05, 0.1) is 12.7 Å². The predicted octanol–water partition coefficient (Wildman–Crippen LogP) is 3.75. The van der Waals surface area contributed by atoms with Crippen LogP contribution in [0.3, 0.4) is 0 Å². The summed E-state index contributed by atoms with van der Waals surface area (Å²) >= 11 is 3.45. The minimum atomic E-state index is -0.373. The van der Waals surface area contributed by atoms with E-state index >= 15 is 0 Å². The number of esters is 1. The van der Waals surface area contributed by atoms with Gasteiger partial charge < -0.3 is 10.1 Å². The fraction of sp³-hybridized carbons (Fsp3) is 0.118. The third kappa shape index (κ3) is 4.20. The van der Waals surface area contributed by atoms with Gasteiger partial charge in [-0.25, -0.2) is 4.79 Å². The van der Waals surface area contributed by atoms with Crippen LogP contribution in [-0.4, -0.2) is 13.1 Å². The maximum atomic E-state index is 12.0. The summed E-state index contributed by atoms with van der Waals surface area (Å²) in [7, 11) is 1.38. The Morgan fingerprint density at radius 1 is 1.14 bits per heavy atom. The molecule has 0 aliphatic carbocycles. The van der Waals surface area contributed by atoms with Crippen molar-refractivity contribution < 1.29 is 9.53 Å². The lowest BCUT2D eigenvalue weighted by atomic mass is 10.1. The van der Waals surface area contributed by atoms with Crippen LogP contribution in [0.15, 0.2) is 65.3 Å². The number of hydrogen-bond donors (Lipinski definition) is 1. The van der Waals surface area contributed by atoms with E-state index in [2.05, 4.69) is 21.2 Å². The Morgan fingerprint density at radius 2 is 1.81 bits per heavy atom. The fourth-order valence-corrected chi connectivity index (χ4v) is 2.40. The monoisotopic (exact) mass is 345 g/mol. The molecule has 4 heteroatoms. The largest absolute Gasteiger partial charge is 0.465 e. The van der Waals surface area contributed by atoms with Crippen molar-refractivity contribution in [2.45, 2.75) is 6.54 Å². The van der Waals surface area contributed by atoms with Crippen molar-refractivity contribution in [1.29, 1.82) is 0 Å². The van der Waals surface area contributed by atoms with Gasteiger partial charge in [0.2, 0.25) is 0 Å². The maximum Gasteiger partial charge on any atom is 0.339 e. The number of methoxy groups -OCH3 is 1. The van der Waals surface area contributed by atoms with Crippen LogP contribution in [-0.2, 0) is 16.1 Å². The average molecular weight is 346 g/mol. The Labute approximate surface area is 132 Å². The minimum Gasteiger partial charge on any atom is -0.465 e. The Kier molecular flexibility index (Phi) is 5.58. The van der Waals surface area contributed by atoms with Crippen molar-refractivity contribution in [2.75, 3.05) is 7.11 Å². The number of hydrogen-bond acceptors (Lipinski definition) is 3. The summed E-state index contributed by atoms with van der Waals surface area (Å²) in [5, 5.41) is 3.16. The zero-order valence-corrected chi connectivity index (χ0v) is 13.3. The molecule has 0 spiro atoms. The van der Waals surface area contributed by atoms with Gasteiger partial charge >= 0.3 is 5.97 Å². The molecule has 2 aromatic carbocycles. The third-order valence-corrected chi connectivity index (χ3v) is 3.66. The molecule has 1 N–H and O–H groups in total. The highest BCUT2D eigenvalue weighted by Gasteiger charge is 2.14. The van der Waals surface area contributed by atoms with Gasteiger partial charge in [-0.05, 0) is 11.6 Å². The number of halogens is 1. The second-order valence-electron chi connectivity index (χ2n) is 4.40. The third-order valence-electron chi connectivity index (χ3n) is 2.96. The number of rotatable bonds is 5. The van der Waals surface area contributed by atoms with E-state index in [4.69, 9.17) is 4.74 Å². The molecule has 0 radical (unpaired) electrons. The maximum absolute atomic E-state index is 12.0. The van der Waals surface area contributed by atoms with Gasteiger partial charge in [0.15, 0.2) is 0 Å². The van der Waals surface area contributed by atoms with Crippen LogP contribution in [0.2, 0.25) is 0 Å². The first-order valence-electron chi connectivity index (χ1n) is 6.53. The number of nitrogens with one attached hydrogen (secondary N) is 1. The Hall–Kier alpha value is -2.07. The second kappa shape index (κ2) is 7.64. The van der Waals surface area contributed by atoms with E-state index in [1.54, 1.807) is 6.20 Å². The molecule has 0 aliphatic heterocycles. The Morgan fingerprint density at radius 3 is 2.48 bits per heavy atom. The van der Waals surface area contributed by atoms with Gasteiger partial charge in [-0.2, -0.15) is 0 Å². The number of carbonyl (C=O) groups excluding carboxylic acids is 1. The van der Waals surface area contributed by atoms with E-state index in [1.165, 1.54) is 7.11 Å². The van der Waals surface area contributed by atoms with Crippen molar-refractivity contribution in [1.82, 2.24) is 5.32 Å². The van der Waals surface area contributed by atoms with Gasteiger partial charge in [-0.1, -0.05) is 64.5 Å². The molecule has 108 valence electrons. The normalized spacial score (nSPS) is 11.0. The van der Waals surface area contributed by atoms with Crippen LogP contribution in [0.25, 0.3) is 5.57 Å². The van der Waals surface area contributed by atoms with Crippen LogP contribution in [0.4, 0.5) is 0 Å². The molecule has 2 rings (SSSR count). The van der Waals surface area contributed by atoms with Gasteiger partial charge in [-0.3, -0.25) is 0 Å². The van der Waals surface area contributed by atoms with E-state index < -0.39 is 0 Å². The number of carbonyl (C=O) groups is 1. The first-order chi connectivity index (χ1) is 10.2. The summed E-state index contributed by atoms with van der Waals surface area (Å²) in [5.41, 5.74) is 2.43. The quantitative estimate of drug-likeness (QED) is 0.662. The summed E-state index contributed by atoms with van der Waals surface area (Å²) in [4.78, 5) is 12.0. The Balaban J connectivity index is 2.19. The van der Waals surface area contributed by atoms with Crippen molar-refractivity contribution >= 4 is 27.5 Å². The molecule has 0 amide bonds. The molecule has 0 saturated carbocycles. The molecule has 0 bridgehead atoms. The molecule has 0 aliphatic rings. The standard InChI is InChI=1S/C17H16BrNO2/c1-21-17(20)15(14-9-5-6-10-16(14)18)12-19-11-13-7-3-2-4-8-13/h2-10,12,19H,11H2,1H3/b15-12-. The van der Waals surface area contributed by atoms with Crippen LogP contribution in [0.5, 0.6) is 0 Å². The summed E-state index contributed by atoms with van der Waals surface area (Å²) < 4.78 is 5.71.